The van der Waals surface area contributed by atoms with E-state index in [1.54, 1.807) is 35.2 Å². The van der Waals surface area contributed by atoms with Crippen LogP contribution in [0.5, 0.6) is 0 Å². The maximum atomic E-state index is 13.3. The highest BCUT2D eigenvalue weighted by Crippen LogP contribution is 2.30. The number of rotatable bonds is 5. The van der Waals surface area contributed by atoms with Gasteiger partial charge in [0.2, 0.25) is 0 Å². The SMILES string of the molecule is COC(=O)C(c1ccc(F)cc1)N1CCN(C(=O)c2ccc(-c3ccccc3Cl)o2)CC1. The standard InChI is InChI=1S/C24H22ClFN2O4/c1-31-24(30)22(16-6-8-17(26)9-7-16)27-12-14-28(15-13-27)23(29)21-11-10-20(32-21)18-4-2-3-5-19(18)25/h2-11,22H,12-15H2,1H3. The van der Waals surface area contributed by atoms with Gasteiger partial charge in [-0.25, -0.2) is 9.18 Å². The van der Waals surface area contributed by atoms with E-state index in [0.29, 0.717) is 42.5 Å². The number of esters is 1. The van der Waals surface area contributed by atoms with Crippen molar-refractivity contribution in [2.24, 2.45) is 0 Å². The van der Waals surface area contributed by atoms with Gasteiger partial charge in [-0.3, -0.25) is 9.69 Å². The maximum Gasteiger partial charge on any atom is 0.327 e. The Morgan fingerprint density at radius 2 is 1.69 bits per heavy atom. The predicted octanol–water partition coefficient (Wildman–Crippen LogP) is 4.41. The molecule has 1 saturated heterocycles. The second-order valence-corrected chi connectivity index (χ2v) is 7.86. The van der Waals surface area contributed by atoms with Crippen LogP contribution in [-0.2, 0) is 9.53 Å². The number of benzene rings is 2. The summed E-state index contributed by atoms with van der Waals surface area (Å²) in [4.78, 5) is 29.0. The van der Waals surface area contributed by atoms with Gasteiger partial charge in [0.25, 0.3) is 5.91 Å². The number of furan rings is 1. The summed E-state index contributed by atoms with van der Waals surface area (Å²) in [5.74, 6) is -0.260. The van der Waals surface area contributed by atoms with Crippen molar-refractivity contribution < 1.29 is 23.1 Å². The first kappa shape index (κ1) is 22.0. The van der Waals surface area contributed by atoms with E-state index in [4.69, 9.17) is 20.8 Å². The molecule has 1 aliphatic heterocycles. The largest absolute Gasteiger partial charge is 0.468 e. The number of piperazine rings is 1. The number of carbonyl (C=O) groups excluding carboxylic acids is 2. The highest BCUT2D eigenvalue weighted by atomic mass is 35.5. The molecule has 0 radical (unpaired) electrons. The van der Waals surface area contributed by atoms with Crippen molar-refractivity contribution in [2.45, 2.75) is 6.04 Å². The molecule has 8 heteroatoms. The number of ether oxygens (including phenoxy) is 1. The Balaban J connectivity index is 1.45. The quantitative estimate of drug-likeness (QED) is 0.532. The molecule has 0 bridgehead atoms. The number of carbonyl (C=O) groups is 2. The lowest BCUT2D eigenvalue weighted by Crippen LogP contribution is -2.51. The molecule has 32 heavy (non-hydrogen) atoms. The number of methoxy groups -OCH3 is 1. The van der Waals surface area contributed by atoms with Crippen LogP contribution in [0.1, 0.15) is 22.2 Å². The van der Waals surface area contributed by atoms with E-state index in [1.165, 1.54) is 19.2 Å². The fourth-order valence-corrected chi connectivity index (χ4v) is 4.08. The van der Waals surface area contributed by atoms with Crippen molar-refractivity contribution in [1.29, 1.82) is 0 Å². The van der Waals surface area contributed by atoms with E-state index in [1.807, 2.05) is 23.1 Å². The lowest BCUT2D eigenvalue weighted by molar-refractivity contribution is -0.148. The third-order valence-corrected chi connectivity index (χ3v) is 5.86. The fourth-order valence-electron chi connectivity index (χ4n) is 3.85. The average molecular weight is 457 g/mol. The van der Waals surface area contributed by atoms with Crippen LogP contribution in [0.15, 0.2) is 65.1 Å². The lowest BCUT2D eigenvalue weighted by Gasteiger charge is -2.38. The van der Waals surface area contributed by atoms with Gasteiger partial charge in [0.1, 0.15) is 17.6 Å². The molecule has 0 spiro atoms. The first-order chi connectivity index (χ1) is 15.5. The molecule has 1 aromatic heterocycles. The molecule has 6 nitrogen and oxygen atoms in total. The van der Waals surface area contributed by atoms with Gasteiger partial charge in [-0.1, -0.05) is 35.9 Å². The van der Waals surface area contributed by atoms with Crippen molar-refractivity contribution in [3.05, 3.63) is 82.8 Å². The molecular formula is C24H22ClFN2O4. The Kier molecular flexibility index (Phi) is 6.58. The molecule has 0 aliphatic carbocycles. The van der Waals surface area contributed by atoms with Gasteiger partial charge < -0.3 is 14.1 Å². The first-order valence-electron chi connectivity index (χ1n) is 10.2. The van der Waals surface area contributed by atoms with Gasteiger partial charge in [0.05, 0.1) is 12.1 Å². The lowest BCUT2D eigenvalue weighted by atomic mass is 10.0. The zero-order valence-corrected chi connectivity index (χ0v) is 18.2. The van der Waals surface area contributed by atoms with Crippen LogP contribution >= 0.6 is 11.6 Å². The zero-order chi connectivity index (χ0) is 22.7. The molecule has 2 heterocycles. The second-order valence-electron chi connectivity index (χ2n) is 7.45. The summed E-state index contributed by atoms with van der Waals surface area (Å²) >= 11 is 6.22. The minimum absolute atomic E-state index is 0.223. The number of halogens is 2. The van der Waals surface area contributed by atoms with Gasteiger partial charge >= 0.3 is 5.97 Å². The molecule has 0 saturated carbocycles. The molecular weight excluding hydrogens is 435 g/mol. The summed E-state index contributed by atoms with van der Waals surface area (Å²) in [6.07, 6.45) is 0. The number of nitrogens with zero attached hydrogens (tertiary/aromatic N) is 2. The van der Waals surface area contributed by atoms with Crippen LogP contribution in [0.4, 0.5) is 4.39 Å². The van der Waals surface area contributed by atoms with Crippen molar-refractivity contribution in [3.8, 4) is 11.3 Å². The Labute approximate surface area is 190 Å². The number of amides is 1. The molecule has 1 aliphatic rings. The Hall–Kier alpha value is -3.16. The average Bonchev–Trinajstić information content (AvgIpc) is 3.30. The van der Waals surface area contributed by atoms with Crippen molar-refractivity contribution >= 4 is 23.5 Å². The number of hydrogen-bond donors (Lipinski definition) is 0. The summed E-state index contributed by atoms with van der Waals surface area (Å²) in [6, 6.07) is 15.8. The summed E-state index contributed by atoms with van der Waals surface area (Å²) in [5.41, 5.74) is 1.37. The topological polar surface area (TPSA) is 63.0 Å². The summed E-state index contributed by atoms with van der Waals surface area (Å²) < 4.78 is 24.1. The summed E-state index contributed by atoms with van der Waals surface area (Å²) in [5, 5.41) is 0.545. The second kappa shape index (κ2) is 9.54. The van der Waals surface area contributed by atoms with Crippen molar-refractivity contribution in [1.82, 2.24) is 9.80 Å². The maximum absolute atomic E-state index is 13.3. The van der Waals surface area contributed by atoms with Crippen molar-refractivity contribution in [2.75, 3.05) is 33.3 Å². The third kappa shape index (κ3) is 4.54. The smallest absolute Gasteiger partial charge is 0.327 e. The van der Waals surface area contributed by atoms with Crippen LogP contribution < -0.4 is 0 Å². The highest BCUT2D eigenvalue weighted by molar-refractivity contribution is 6.33. The normalized spacial score (nSPS) is 15.4. The van der Waals surface area contributed by atoms with Gasteiger partial charge in [0, 0.05) is 31.7 Å². The molecule has 1 unspecified atom stereocenters. The fraction of sp³-hybridized carbons (Fsp3) is 0.250. The van der Waals surface area contributed by atoms with Crippen LogP contribution in [0, 0.1) is 5.82 Å². The Morgan fingerprint density at radius 3 is 2.34 bits per heavy atom. The molecule has 1 amide bonds. The van der Waals surface area contributed by atoms with E-state index in [2.05, 4.69) is 0 Å². The Morgan fingerprint density at radius 1 is 1.00 bits per heavy atom. The summed E-state index contributed by atoms with van der Waals surface area (Å²) in [6.45, 7) is 1.74. The van der Waals surface area contributed by atoms with Crippen LogP contribution in [0.25, 0.3) is 11.3 Å². The van der Waals surface area contributed by atoms with Gasteiger partial charge in [0.15, 0.2) is 5.76 Å². The van der Waals surface area contributed by atoms with Crippen molar-refractivity contribution in [3.63, 3.8) is 0 Å². The minimum Gasteiger partial charge on any atom is -0.468 e. The zero-order valence-electron chi connectivity index (χ0n) is 17.5. The first-order valence-corrected chi connectivity index (χ1v) is 10.6. The molecule has 3 aromatic rings. The molecule has 0 N–H and O–H groups in total. The van der Waals surface area contributed by atoms with Crippen LogP contribution in [0.2, 0.25) is 5.02 Å². The van der Waals surface area contributed by atoms with E-state index in [0.717, 1.165) is 5.56 Å². The molecule has 1 atom stereocenters. The van der Waals surface area contributed by atoms with Gasteiger partial charge in [-0.2, -0.15) is 0 Å². The van der Waals surface area contributed by atoms with E-state index in [9.17, 15) is 14.0 Å². The van der Waals surface area contributed by atoms with E-state index < -0.39 is 12.0 Å². The Bertz CT molecular complexity index is 1110. The van der Waals surface area contributed by atoms with Gasteiger partial charge in [-0.15, -0.1) is 0 Å². The summed E-state index contributed by atoms with van der Waals surface area (Å²) in [7, 11) is 1.33. The third-order valence-electron chi connectivity index (χ3n) is 5.53. The molecule has 4 rings (SSSR count). The monoisotopic (exact) mass is 456 g/mol. The highest BCUT2D eigenvalue weighted by Gasteiger charge is 2.33. The van der Waals surface area contributed by atoms with Crippen LogP contribution in [-0.4, -0.2) is 55.0 Å². The molecule has 1 fully saturated rings. The minimum atomic E-state index is -0.659. The van der Waals surface area contributed by atoms with E-state index >= 15 is 0 Å². The van der Waals surface area contributed by atoms with E-state index in [-0.39, 0.29) is 17.5 Å². The number of hydrogen-bond acceptors (Lipinski definition) is 5. The van der Waals surface area contributed by atoms with Gasteiger partial charge in [-0.05, 0) is 42.0 Å². The van der Waals surface area contributed by atoms with Crippen LogP contribution in [0.3, 0.4) is 0 Å². The molecule has 166 valence electrons. The molecule has 2 aromatic carbocycles. The predicted molar refractivity (Wildman–Crippen MR) is 118 cm³/mol.